The molecule has 3 nitrogen and oxygen atoms in total. The largest absolute Gasteiger partial charge is 0.497 e. The highest BCUT2D eigenvalue weighted by Crippen LogP contribution is 2.11. The van der Waals surface area contributed by atoms with Crippen LogP contribution in [0.25, 0.3) is 0 Å². The van der Waals surface area contributed by atoms with Crippen LogP contribution in [0.4, 0.5) is 0 Å². The van der Waals surface area contributed by atoms with Gasteiger partial charge in [0.1, 0.15) is 5.75 Å². The number of hydrogen-bond donors (Lipinski definition) is 1. The maximum atomic E-state index is 8.47. The zero-order chi connectivity index (χ0) is 8.97. The van der Waals surface area contributed by atoms with Gasteiger partial charge in [0, 0.05) is 0 Å². The molecule has 0 aromatic heterocycles. The van der Waals surface area contributed by atoms with Gasteiger partial charge in [0.15, 0.2) is 0 Å². The predicted molar refractivity (Wildman–Crippen MR) is 47.0 cm³/mol. The lowest BCUT2D eigenvalue weighted by Gasteiger charge is -2.00. The van der Waals surface area contributed by atoms with E-state index in [0.29, 0.717) is 5.71 Å². The minimum atomic E-state index is 0.595. The molecule has 12 heavy (non-hydrogen) atoms. The SMILES string of the molecule is COc1ccc(/C(C)=N\O)cc1. The third-order valence-corrected chi connectivity index (χ3v) is 1.66. The first-order valence-corrected chi connectivity index (χ1v) is 3.61. The van der Waals surface area contributed by atoms with Gasteiger partial charge in [-0.2, -0.15) is 0 Å². The molecule has 64 valence electrons. The molecule has 1 N–H and O–H groups in total. The molecule has 0 unspecified atom stereocenters. The Morgan fingerprint density at radius 1 is 1.33 bits per heavy atom. The summed E-state index contributed by atoms with van der Waals surface area (Å²) in [6.45, 7) is 1.74. The summed E-state index contributed by atoms with van der Waals surface area (Å²) in [7, 11) is 1.61. The molecule has 0 heterocycles. The molecule has 0 spiro atoms. The van der Waals surface area contributed by atoms with E-state index in [2.05, 4.69) is 5.16 Å². The first-order valence-electron chi connectivity index (χ1n) is 3.61. The standard InChI is InChI=1S/C9H11NO2/c1-7(10-11)8-3-5-9(12-2)6-4-8/h3-6,11H,1-2H3/b10-7-. The van der Waals surface area contributed by atoms with Crippen molar-refractivity contribution in [3.8, 4) is 5.75 Å². The summed E-state index contributed by atoms with van der Waals surface area (Å²) in [6.07, 6.45) is 0. The molecule has 3 heteroatoms. The second-order valence-corrected chi connectivity index (χ2v) is 2.41. The molecule has 0 saturated carbocycles. The van der Waals surface area contributed by atoms with Gasteiger partial charge in [-0.05, 0) is 36.8 Å². The van der Waals surface area contributed by atoms with E-state index in [-0.39, 0.29) is 0 Å². The summed E-state index contributed by atoms with van der Waals surface area (Å²) in [6, 6.07) is 7.33. The van der Waals surface area contributed by atoms with Crippen LogP contribution in [0.3, 0.4) is 0 Å². The maximum absolute atomic E-state index is 8.47. The molecule has 1 aromatic carbocycles. The van der Waals surface area contributed by atoms with E-state index in [1.165, 1.54) is 0 Å². The predicted octanol–water partition coefficient (Wildman–Crippen LogP) is 1.89. The van der Waals surface area contributed by atoms with Gasteiger partial charge in [0.25, 0.3) is 0 Å². The van der Waals surface area contributed by atoms with Crippen molar-refractivity contribution < 1.29 is 9.94 Å². The van der Waals surface area contributed by atoms with Crippen LogP contribution in [-0.2, 0) is 0 Å². The quantitative estimate of drug-likeness (QED) is 0.413. The normalized spacial score (nSPS) is 11.3. The number of oxime groups is 1. The summed E-state index contributed by atoms with van der Waals surface area (Å²) in [5.74, 6) is 0.796. The Morgan fingerprint density at radius 2 is 1.92 bits per heavy atom. The second kappa shape index (κ2) is 3.76. The molecule has 0 amide bonds. The molecular weight excluding hydrogens is 154 g/mol. The van der Waals surface area contributed by atoms with E-state index in [9.17, 15) is 0 Å². The summed E-state index contributed by atoms with van der Waals surface area (Å²) in [4.78, 5) is 0. The molecular formula is C9H11NO2. The highest BCUT2D eigenvalue weighted by Gasteiger charge is 1.96. The molecule has 0 aliphatic heterocycles. The first kappa shape index (κ1) is 8.59. The van der Waals surface area contributed by atoms with Gasteiger partial charge in [-0.1, -0.05) is 5.16 Å². The van der Waals surface area contributed by atoms with Crippen molar-refractivity contribution in [3.05, 3.63) is 29.8 Å². The zero-order valence-corrected chi connectivity index (χ0v) is 7.11. The number of ether oxygens (including phenoxy) is 1. The van der Waals surface area contributed by atoms with Crippen molar-refractivity contribution in [2.75, 3.05) is 7.11 Å². The van der Waals surface area contributed by atoms with Crippen LogP contribution in [0.2, 0.25) is 0 Å². The molecule has 1 aromatic rings. The van der Waals surface area contributed by atoms with Crippen LogP contribution in [0.15, 0.2) is 29.4 Å². The van der Waals surface area contributed by atoms with Crippen LogP contribution < -0.4 is 4.74 Å². The molecule has 0 bridgehead atoms. The van der Waals surface area contributed by atoms with E-state index in [1.54, 1.807) is 14.0 Å². The van der Waals surface area contributed by atoms with Gasteiger partial charge < -0.3 is 9.94 Å². The van der Waals surface area contributed by atoms with Gasteiger partial charge in [-0.3, -0.25) is 0 Å². The van der Waals surface area contributed by atoms with Crippen molar-refractivity contribution in [2.45, 2.75) is 6.92 Å². The number of benzene rings is 1. The summed E-state index contributed by atoms with van der Waals surface area (Å²) >= 11 is 0. The van der Waals surface area contributed by atoms with Gasteiger partial charge >= 0.3 is 0 Å². The zero-order valence-electron chi connectivity index (χ0n) is 7.11. The number of nitrogens with zero attached hydrogens (tertiary/aromatic N) is 1. The summed E-state index contributed by atoms with van der Waals surface area (Å²) < 4.78 is 4.98. The number of rotatable bonds is 2. The van der Waals surface area contributed by atoms with Gasteiger partial charge in [0.2, 0.25) is 0 Å². The Hall–Kier alpha value is -1.51. The minimum absolute atomic E-state index is 0.595. The van der Waals surface area contributed by atoms with Crippen molar-refractivity contribution in [1.29, 1.82) is 0 Å². The molecule has 0 aliphatic carbocycles. The lowest BCUT2D eigenvalue weighted by Crippen LogP contribution is -1.93. The highest BCUT2D eigenvalue weighted by molar-refractivity contribution is 5.98. The van der Waals surface area contributed by atoms with Crippen LogP contribution >= 0.6 is 0 Å². The summed E-state index contributed by atoms with van der Waals surface area (Å²) in [5, 5.41) is 11.6. The van der Waals surface area contributed by atoms with Crippen molar-refractivity contribution in [1.82, 2.24) is 0 Å². The highest BCUT2D eigenvalue weighted by atomic mass is 16.5. The Balaban J connectivity index is 2.92. The molecule has 0 radical (unpaired) electrons. The Kier molecular flexibility index (Phi) is 2.69. The Bertz CT molecular complexity index is 277. The first-order chi connectivity index (χ1) is 5.77. The monoisotopic (exact) mass is 165 g/mol. The number of methoxy groups -OCH3 is 1. The fourth-order valence-corrected chi connectivity index (χ4v) is 0.890. The minimum Gasteiger partial charge on any atom is -0.497 e. The molecule has 1 rings (SSSR count). The van der Waals surface area contributed by atoms with Crippen molar-refractivity contribution >= 4 is 5.71 Å². The van der Waals surface area contributed by atoms with E-state index in [0.717, 1.165) is 11.3 Å². The topological polar surface area (TPSA) is 41.8 Å². The van der Waals surface area contributed by atoms with Crippen LogP contribution in [0.5, 0.6) is 5.75 Å². The Labute approximate surface area is 71.3 Å². The van der Waals surface area contributed by atoms with Crippen molar-refractivity contribution in [3.63, 3.8) is 0 Å². The van der Waals surface area contributed by atoms with E-state index in [4.69, 9.17) is 9.94 Å². The molecule has 0 saturated heterocycles. The molecule has 0 fully saturated rings. The van der Waals surface area contributed by atoms with E-state index < -0.39 is 0 Å². The fraction of sp³-hybridized carbons (Fsp3) is 0.222. The van der Waals surface area contributed by atoms with Gasteiger partial charge in [0.05, 0.1) is 12.8 Å². The second-order valence-electron chi connectivity index (χ2n) is 2.41. The van der Waals surface area contributed by atoms with E-state index in [1.807, 2.05) is 24.3 Å². The van der Waals surface area contributed by atoms with Crippen molar-refractivity contribution in [2.24, 2.45) is 5.16 Å². The van der Waals surface area contributed by atoms with Crippen LogP contribution in [0.1, 0.15) is 12.5 Å². The average molecular weight is 165 g/mol. The lowest BCUT2D eigenvalue weighted by atomic mass is 10.1. The van der Waals surface area contributed by atoms with Crippen LogP contribution in [-0.4, -0.2) is 18.0 Å². The smallest absolute Gasteiger partial charge is 0.118 e. The fourth-order valence-electron chi connectivity index (χ4n) is 0.890. The third-order valence-electron chi connectivity index (χ3n) is 1.66. The Morgan fingerprint density at radius 3 is 2.33 bits per heavy atom. The number of hydrogen-bond acceptors (Lipinski definition) is 3. The average Bonchev–Trinajstić information content (AvgIpc) is 2.17. The lowest BCUT2D eigenvalue weighted by molar-refractivity contribution is 0.319. The summed E-state index contributed by atoms with van der Waals surface area (Å²) in [5.41, 5.74) is 1.48. The van der Waals surface area contributed by atoms with Crippen LogP contribution in [0, 0.1) is 0 Å². The molecule has 0 aliphatic rings. The van der Waals surface area contributed by atoms with Gasteiger partial charge in [-0.25, -0.2) is 0 Å². The van der Waals surface area contributed by atoms with E-state index >= 15 is 0 Å². The third kappa shape index (κ3) is 1.75. The van der Waals surface area contributed by atoms with Gasteiger partial charge in [-0.15, -0.1) is 0 Å². The maximum Gasteiger partial charge on any atom is 0.118 e. The molecule has 0 atom stereocenters.